The minimum Gasteiger partial charge on any atom is -0.467 e. The molecule has 0 aliphatic carbocycles. The first-order valence-corrected chi connectivity index (χ1v) is 10.4. The molecule has 1 unspecified atom stereocenters. The smallest absolute Gasteiger partial charge is 0.331 e. The molecule has 0 aliphatic rings. The number of rotatable bonds is 9. The van der Waals surface area contributed by atoms with Gasteiger partial charge in [-0.1, -0.05) is 18.2 Å². The Labute approximate surface area is 195 Å². The Morgan fingerprint density at radius 3 is 2.53 bits per heavy atom. The van der Waals surface area contributed by atoms with Crippen LogP contribution < -0.4 is 10.6 Å². The SMILES string of the molecule is Cc1c(C#N)c(NC(=O)COC(=O)C(CO)NC(=O)c2ccccc2)n(Cc2ccco2)c1C. The summed E-state index contributed by atoms with van der Waals surface area (Å²) >= 11 is 0. The van der Waals surface area contributed by atoms with Crippen LogP contribution in [0.4, 0.5) is 5.82 Å². The summed E-state index contributed by atoms with van der Waals surface area (Å²) < 4.78 is 12.1. The van der Waals surface area contributed by atoms with Crippen molar-refractivity contribution in [2.45, 2.75) is 26.4 Å². The van der Waals surface area contributed by atoms with Gasteiger partial charge in [0, 0.05) is 11.3 Å². The largest absolute Gasteiger partial charge is 0.467 e. The van der Waals surface area contributed by atoms with E-state index in [9.17, 15) is 24.8 Å². The van der Waals surface area contributed by atoms with E-state index >= 15 is 0 Å². The van der Waals surface area contributed by atoms with Crippen molar-refractivity contribution < 1.29 is 28.6 Å². The van der Waals surface area contributed by atoms with Gasteiger partial charge in [0.25, 0.3) is 11.8 Å². The van der Waals surface area contributed by atoms with E-state index in [1.165, 1.54) is 6.26 Å². The second-order valence-electron chi connectivity index (χ2n) is 7.44. The number of hydrogen-bond donors (Lipinski definition) is 3. The highest BCUT2D eigenvalue weighted by Gasteiger charge is 2.24. The number of hydrogen-bond acceptors (Lipinski definition) is 7. The van der Waals surface area contributed by atoms with Gasteiger partial charge in [0.2, 0.25) is 0 Å². The van der Waals surface area contributed by atoms with Crippen molar-refractivity contribution in [3.05, 3.63) is 76.9 Å². The van der Waals surface area contributed by atoms with E-state index in [0.717, 1.165) is 5.69 Å². The van der Waals surface area contributed by atoms with Crippen molar-refractivity contribution in [2.24, 2.45) is 0 Å². The van der Waals surface area contributed by atoms with Crippen LogP contribution in [0.2, 0.25) is 0 Å². The first-order chi connectivity index (χ1) is 16.3. The topological polar surface area (TPSA) is 147 Å². The molecule has 2 aromatic heterocycles. The number of carbonyl (C=O) groups excluding carboxylic acids is 3. The van der Waals surface area contributed by atoms with Crippen LogP contribution in [-0.4, -0.2) is 46.7 Å². The lowest BCUT2D eigenvalue weighted by atomic mass is 10.2. The molecule has 2 heterocycles. The third-order valence-corrected chi connectivity index (χ3v) is 5.25. The van der Waals surface area contributed by atoms with Gasteiger partial charge in [-0.15, -0.1) is 0 Å². The van der Waals surface area contributed by atoms with Gasteiger partial charge < -0.3 is 29.5 Å². The Morgan fingerprint density at radius 2 is 1.91 bits per heavy atom. The highest BCUT2D eigenvalue weighted by Crippen LogP contribution is 2.27. The van der Waals surface area contributed by atoms with Gasteiger partial charge >= 0.3 is 5.97 Å². The summed E-state index contributed by atoms with van der Waals surface area (Å²) in [5.41, 5.74) is 2.06. The molecule has 3 aromatic rings. The van der Waals surface area contributed by atoms with Crippen molar-refractivity contribution >= 4 is 23.6 Å². The molecule has 0 fully saturated rings. The summed E-state index contributed by atoms with van der Waals surface area (Å²) in [6.07, 6.45) is 1.53. The van der Waals surface area contributed by atoms with Crippen molar-refractivity contribution in [3.63, 3.8) is 0 Å². The maximum absolute atomic E-state index is 12.5. The average Bonchev–Trinajstić information content (AvgIpc) is 3.44. The number of anilines is 1. The van der Waals surface area contributed by atoms with Crippen molar-refractivity contribution in [1.82, 2.24) is 9.88 Å². The van der Waals surface area contributed by atoms with Gasteiger partial charge in [-0.25, -0.2) is 4.79 Å². The van der Waals surface area contributed by atoms with Crippen LogP contribution >= 0.6 is 0 Å². The molecule has 34 heavy (non-hydrogen) atoms. The normalized spacial score (nSPS) is 11.4. The molecule has 0 saturated heterocycles. The van der Waals surface area contributed by atoms with E-state index in [1.54, 1.807) is 54.0 Å². The number of nitrogens with one attached hydrogen (secondary N) is 2. The first kappa shape index (κ1) is 24.3. The Hall–Kier alpha value is -4.36. The fourth-order valence-electron chi connectivity index (χ4n) is 3.30. The number of carbonyl (C=O) groups is 3. The van der Waals surface area contributed by atoms with Crippen LogP contribution in [0.5, 0.6) is 0 Å². The summed E-state index contributed by atoms with van der Waals surface area (Å²) in [4.78, 5) is 37.1. The maximum atomic E-state index is 12.5. The summed E-state index contributed by atoms with van der Waals surface area (Å²) in [6.45, 7) is 2.49. The molecule has 0 aliphatic heterocycles. The third kappa shape index (κ3) is 5.51. The van der Waals surface area contributed by atoms with E-state index in [2.05, 4.69) is 16.7 Å². The fourth-order valence-corrected chi connectivity index (χ4v) is 3.30. The summed E-state index contributed by atoms with van der Waals surface area (Å²) in [7, 11) is 0. The van der Waals surface area contributed by atoms with Crippen molar-refractivity contribution in [1.29, 1.82) is 5.26 Å². The van der Waals surface area contributed by atoms with Crippen LogP contribution in [0.15, 0.2) is 53.1 Å². The molecule has 1 atom stereocenters. The summed E-state index contributed by atoms with van der Waals surface area (Å²) in [5.74, 6) is -1.34. The second kappa shape index (κ2) is 11.0. The molecule has 0 bridgehead atoms. The van der Waals surface area contributed by atoms with Gasteiger partial charge in [-0.3, -0.25) is 9.59 Å². The molecule has 0 radical (unpaired) electrons. The minimum atomic E-state index is -1.34. The monoisotopic (exact) mass is 464 g/mol. The zero-order valence-electron chi connectivity index (χ0n) is 18.7. The molecule has 10 heteroatoms. The number of ether oxygens (including phenoxy) is 1. The summed E-state index contributed by atoms with van der Waals surface area (Å²) in [5, 5.41) is 24.1. The highest BCUT2D eigenvalue weighted by molar-refractivity contribution is 5.97. The number of nitriles is 1. The van der Waals surface area contributed by atoms with Crippen LogP contribution in [0, 0.1) is 25.2 Å². The number of esters is 1. The molecular formula is C24H24N4O6. The van der Waals surface area contributed by atoms with Gasteiger partial charge in [-0.2, -0.15) is 5.26 Å². The first-order valence-electron chi connectivity index (χ1n) is 10.4. The molecule has 10 nitrogen and oxygen atoms in total. The van der Waals surface area contributed by atoms with Gasteiger partial charge in [0.1, 0.15) is 17.6 Å². The predicted molar refractivity (Wildman–Crippen MR) is 121 cm³/mol. The Balaban J connectivity index is 1.65. The number of aromatic nitrogens is 1. The number of furan rings is 1. The molecular weight excluding hydrogens is 440 g/mol. The van der Waals surface area contributed by atoms with Crippen molar-refractivity contribution in [3.8, 4) is 6.07 Å². The number of nitrogens with zero attached hydrogens (tertiary/aromatic N) is 2. The minimum absolute atomic E-state index is 0.256. The molecule has 0 spiro atoms. The summed E-state index contributed by atoms with van der Waals surface area (Å²) in [6, 6.07) is 12.4. The van der Waals surface area contributed by atoms with Gasteiger partial charge in [-0.05, 0) is 43.7 Å². The number of amides is 2. The van der Waals surface area contributed by atoms with E-state index in [-0.39, 0.29) is 17.9 Å². The molecule has 2 amide bonds. The standard InChI is InChI=1S/C24H24N4O6/c1-15-16(2)28(12-18-9-6-10-33-18)22(19(15)11-25)27-21(30)14-34-24(32)20(13-29)26-23(31)17-7-4-3-5-8-17/h3-10,20,29H,12-14H2,1-2H3,(H,26,31)(H,27,30). The van der Waals surface area contributed by atoms with E-state index in [1.807, 2.05) is 6.92 Å². The second-order valence-corrected chi connectivity index (χ2v) is 7.44. The predicted octanol–water partition coefficient (Wildman–Crippen LogP) is 1.89. The Kier molecular flexibility index (Phi) is 7.84. The zero-order valence-corrected chi connectivity index (χ0v) is 18.7. The van der Waals surface area contributed by atoms with Crippen LogP contribution in [-0.2, 0) is 20.9 Å². The van der Waals surface area contributed by atoms with Gasteiger partial charge in [0.15, 0.2) is 12.6 Å². The molecule has 0 saturated carbocycles. The average molecular weight is 464 g/mol. The molecule has 3 N–H and O–H groups in total. The molecule has 176 valence electrons. The number of benzene rings is 1. The van der Waals surface area contributed by atoms with E-state index in [4.69, 9.17) is 9.15 Å². The number of aliphatic hydroxyl groups excluding tert-OH is 1. The lowest BCUT2D eigenvalue weighted by Gasteiger charge is -2.16. The van der Waals surface area contributed by atoms with E-state index in [0.29, 0.717) is 16.9 Å². The highest BCUT2D eigenvalue weighted by atomic mass is 16.5. The van der Waals surface area contributed by atoms with Crippen LogP contribution in [0.3, 0.4) is 0 Å². The zero-order chi connectivity index (χ0) is 24.7. The van der Waals surface area contributed by atoms with Crippen LogP contribution in [0.1, 0.15) is 32.9 Å². The quantitative estimate of drug-likeness (QED) is 0.410. The Bertz CT molecular complexity index is 1210. The number of aliphatic hydroxyl groups is 1. The van der Waals surface area contributed by atoms with Gasteiger partial charge in [0.05, 0.1) is 25.0 Å². The third-order valence-electron chi connectivity index (χ3n) is 5.25. The fraction of sp³-hybridized carbons (Fsp3) is 0.250. The molecule has 1 aromatic carbocycles. The lowest BCUT2D eigenvalue weighted by Crippen LogP contribution is -2.45. The van der Waals surface area contributed by atoms with Crippen molar-refractivity contribution in [2.75, 3.05) is 18.5 Å². The van der Waals surface area contributed by atoms with E-state index < -0.39 is 37.0 Å². The lowest BCUT2D eigenvalue weighted by molar-refractivity contribution is -0.150. The Morgan fingerprint density at radius 1 is 1.18 bits per heavy atom. The molecule has 3 rings (SSSR count). The maximum Gasteiger partial charge on any atom is 0.331 e. The van der Waals surface area contributed by atoms with Crippen LogP contribution in [0.25, 0.3) is 0 Å².